The van der Waals surface area contributed by atoms with E-state index < -0.39 is 10.0 Å². The van der Waals surface area contributed by atoms with Crippen LogP contribution in [-0.4, -0.2) is 13.4 Å². The van der Waals surface area contributed by atoms with Gasteiger partial charge < -0.3 is 5.73 Å². The fourth-order valence-electron chi connectivity index (χ4n) is 1.45. The molecule has 20 heavy (non-hydrogen) atoms. The number of pyridine rings is 1. The highest BCUT2D eigenvalue weighted by Crippen LogP contribution is 2.23. The summed E-state index contributed by atoms with van der Waals surface area (Å²) in [6.07, 6.45) is 1.15. The fourth-order valence-corrected chi connectivity index (χ4v) is 2.83. The van der Waals surface area contributed by atoms with Crippen molar-refractivity contribution in [2.24, 2.45) is 0 Å². The molecule has 2 aromatic rings. The van der Waals surface area contributed by atoms with Crippen LogP contribution in [0.5, 0.6) is 0 Å². The van der Waals surface area contributed by atoms with Gasteiger partial charge in [0.25, 0.3) is 10.0 Å². The van der Waals surface area contributed by atoms with Crippen LogP contribution in [0.2, 0.25) is 0 Å². The molecule has 0 aliphatic heterocycles. The van der Waals surface area contributed by atoms with Crippen LogP contribution >= 0.6 is 15.9 Å². The quantitative estimate of drug-likeness (QED) is 0.878. The predicted octanol–water partition coefficient (Wildman–Crippen LogP) is 2.10. The summed E-state index contributed by atoms with van der Waals surface area (Å²) in [6, 6.07) is 9.34. The molecule has 1 heterocycles. The monoisotopic (exact) mass is 352 g/mol. The standard InChI is InChI=1S/C12H9BrN4O2S/c13-9-2-1-8(6-14)11(5-9)17-20(18,19)10-3-4-12(15)16-7-10/h1-5,7,17H,(H2,15,16). The lowest BCUT2D eigenvalue weighted by molar-refractivity contribution is 0.601. The minimum Gasteiger partial charge on any atom is -0.384 e. The highest BCUT2D eigenvalue weighted by atomic mass is 79.9. The van der Waals surface area contributed by atoms with Gasteiger partial charge in [0, 0.05) is 10.7 Å². The van der Waals surface area contributed by atoms with Crippen LogP contribution < -0.4 is 10.5 Å². The summed E-state index contributed by atoms with van der Waals surface area (Å²) in [5.41, 5.74) is 5.83. The maximum absolute atomic E-state index is 12.2. The maximum Gasteiger partial charge on any atom is 0.263 e. The second-order valence-electron chi connectivity index (χ2n) is 3.83. The minimum atomic E-state index is -3.82. The molecule has 0 atom stereocenters. The predicted molar refractivity (Wildman–Crippen MR) is 78.3 cm³/mol. The van der Waals surface area contributed by atoms with E-state index in [1.165, 1.54) is 24.3 Å². The summed E-state index contributed by atoms with van der Waals surface area (Å²) in [6.45, 7) is 0. The van der Waals surface area contributed by atoms with Crippen molar-refractivity contribution in [3.8, 4) is 6.07 Å². The van der Waals surface area contributed by atoms with Crippen LogP contribution in [0.4, 0.5) is 11.5 Å². The lowest BCUT2D eigenvalue weighted by atomic mass is 10.2. The molecule has 6 nitrogen and oxygen atoms in total. The van der Waals surface area contributed by atoms with Crippen LogP contribution in [0.3, 0.4) is 0 Å². The van der Waals surface area contributed by atoms with Gasteiger partial charge in [0.1, 0.15) is 16.8 Å². The molecule has 0 saturated carbocycles. The highest BCUT2D eigenvalue weighted by Gasteiger charge is 2.16. The lowest BCUT2D eigenvalue weighted by Crippen LogP contribution is -2.14. The number of nitriles is 1. The van der Waals surface area contributed by atoms with Gasteiger partial charge >= 0.3 is 0 Å². The zero-order valence-corrected chi connectivity index (χ0v) is 12.4. The maximum atomic E-state index is 12.2. The summed E-state index contributed by atoms with van der Waals surface area (Å²) in [5.74, 6) is 0.226. The Bertz CT molecular complexity index is 782. The largest absolute Gasteiger partial charge is 0.384 e. The molecule has 0 spiro atoms. The number of hydrogen-bond acceptors (Lipinski definition) is 5. The molecule has 0 aliphatic carbocycles. The zero-order valence-electron chi connectivity index (χ0n) is 10.0. The molecule has 0 saturated heterocycles. The van der Waals surface area contributed by atoms with Crippen LogP contribution in [0.15, 0.2) is 45.9 Å². The molecule has 0 aliphatic rings. The number of anilines is 2. The van der Waals surface area contributed by atoms with Gasteiger partial charge in [-0.1, -0.05) is 15.9 Å². The number of sulfonamides is 1. The molecule has 0 unspecified atom stereocenters. The van der Waals surface area contributed by atoms with Crippen molar-refractivity contribution in [3.63, 3.8) is 0 Å². The molecule has 1 aromatic heterocycles. The summed E-state index contributed by atoms with van der Waals surface area (Å²) in [5, 5.41) is 8.98. The Hall–Kier alpha value is -2.11. The molecule has 0 amide bonds. The first-order valence-electron chi connectivity index (χ1n) is 5.36. The molecule has 0 radical (unpaired) electrons. The Morgan fingerprint density at radius 1 is 1.30 bits per heavy atom. The first-order chi connectivity index (χ1) is 9.42. The van der Waals surface area contributed by atoms with E-state index in [-0.39, 0.29) is 22.0 Å². The topological polar surface area (TPSA) is 109 Å². The number of benzene rings is 1. The minimum absolute atomic E-state index is 0.0319. The Labute approximate surface area is 124 Å². The third-order valence-corrected chi connectivity index (χ3v) is 4.26. The van der Waals surface area contributed by atoms with Gasteiger partial charge in [-0.2, -0.15) is 5.26 Å². The Kier molecular flexibility index (Phi) is 3.92. The van der Waals surface area contributed by atoms with Crippen molar-refractivity contribution in [2.75, 3.05) is 10.5 Å². The van der Waals surface area contributed by atoms with Gasteiger partial charge in [-0.15, -0.1) is 0 Å². The van der Waals surface area contributed by atoms with E-state index in [1.807, 2.05) is 6.07 Å². The number of halogens is 1. The van der Waals surface area contributed by atoms with Crippen molar-refractivity contribution < 1.29 is 8.42 Å². The molecule has 0 fully saturated rings. The molecule has 102 valence electrons. The van der Waals surface area contributed by atoms with Crippen LogP contribution in [0, 0.1) is 11.3 Å². The first kappa shape index (κ1) is 14.3. The smallest absolute Gasteiger partial charge is 0.263 e. The summed E-state index contributed by atoms with van der Waals surface area (Å²) in [7, 11) is -3.82. The number of nitrogens with zero attached hydrogens (tertiary/aromatic N) is 2. The van der Waals surface area contributed by atoms with E-state index in [0.717, 1.165) is 6.20 Å². The molecular weight excluding hydrogens is 344 g/mol. The molecular formula is C12H9BrN4O2S. The number of nitrogen functional groups attached to an aromatic ring is 1. The van der Waals surface area contributed by atoms with E-state index in [4.69, 9.17) is 11.0 Å². The Balaban J connectivity index is 2.41. The van der Waals surface area contributed by atoms with Gasteiger partial charge in [0.2, 0.25) is 0 Å². The van der Waals surface area contributed by atoms with Crippen molar-refractivity contribution in [2.45, 2.75) is 4.90 Å². The molecule has 0 bridgehead atoms. The molecule has 1 aromatic carbocycles. The normalized spacial score (nSPS) is 10.8. The average Bonchev–Trinajstić information content (AvgIpc) is 2.39. The zero-order chi connectivity index (χ0) is 14.8. The van der Waals surface area contributed by atoms with E-state index in [2.05, 4.69) is 25.6 Å². The summed E-state index contributed by atoms with van der Waals surface area (Å²) >= 11 is 3.23. The van der Waals surface area contributed by atoms with Gasteiger partial charge in [0.15, 0.2) is 0 Å². The van der Waals surface area contributed by atoms with Gasteiger partial charge in [-0.05, 0) is 30.3 Å². The molecule has 8 heteroatoms. The van der Waals surface area contributed by atoms with Crippen molar-refractivity contribution in [1.82, 2.24) is 4.98 Å². The number of aromatic nitrogens is 1. The van der Waals surface area contributed by atoms with Crippen molar-refractivity contribution in [1.29, 1.82) is 5.26 Å². The van der Waals surface area contributed by atoms with E-state index in [1.54, 1.807) is 6.07 Å². The SMILES string of the molecule is N#Cc1ccc(Br)cc1NS(=O)(=O)c1ccc(N)nc1. The summed E-state index contributed by atoms with van der Waals surface area (Å²) < 4.78 is 27.4. The second-order valence-corrected chi connectivity index (χ2v) is 6.42. The number of nitrogens with two attached hydrogens (primary N) is 1. The van der Waals surface area contributed by atoms with E-state index in [0.29, 0.717) is 4.47 Å². The third kappa shape index (κ3) is 3.07. The van der Waals surface area contributed by atoms with Gasteiger partial charge in [-0.3, -0.25) is 4.72 Å². The Morgan fingerprint density at radius 2 is 2.05 bits per heavy atom. The second kappa shape index (κ2) is 5.48. The van der Waals surface area contributed by atoms with Crippen LogP contribution in [0.25, 0.3) is 0 Å². The van der Waals surface area contributed by atoms with Crippen LogP contribution in [-0.2, 0) is 10.0 Å². The molecule has 3 N–H and O–H groups in total. The molecule has 2 rings (SSSR count). The summed E-state index contributed by atoms with van der Waals surface area (Å²) in [4.78, 5) is 3.70. The number of hydrogen-bond donors (Lipinski definition) is 2. The van der Waals surface area contributed by atoms with Crippen molar-refractivity contribution >= 4 is 37.5 Å². The van der Waals surface area contributed by atoms with Gasteiger partial charge in [0.05, 0.1) is 11.3 Å². The Morgan fingerprint density at radius 3 is 2.65 bits per heavy atom. The van der Waals surface area contributed by atoms with Crippen molar-refractivity contribution in [3.05, 3.63) is 46.6 Å². The third-order valence-electron chi connectivity index (χ3n) is 2.42. The van der Waals surface area contributed by atoms with Gasteiger partial charge in [-0.25, -0.2) is 13.4 Å². The average molecular weight is 353 g/mol. The fraction of sp³-hybridized carbons (Fsp3) is 0. The number of nitrogens with one attached hydrogen (secondary N) is 1. The van der Waals surface area contributed by atoms with E-state index in [9.17, 15) is 8.42 Å². The first-order valence-corrected chi connectivity index (χ1v) is 7.64. The number of rotatable bonds is 3. The highest BCUT2D eigenvalue weighted by molar-refractivity contribution is 9.10. The lowest BCUT2D eigenvalue weighted by Gasteiger charge is -2.09. The van der Waals surface area contributed by atoms with Crippen LogP contribution in [0.1, 0.15) is 5.56 Å². The van der Waals surface area contributed by atoms with E-state index >= 15 is 0 Å².